The first-order valence-corrected chi connectivity index (χ1v) is 6.40. The number of carbonyl (C=O) groups excluding carboxylic acids is 1. The number of ether oxygens (including phenoxy) is 1. The van der Waals surface area contributed by atoms with Crippen LogP contribution < -0.4 is 15.8 Å². The smallest absolute Gasteiger partial charge is 0.273 e. The molecule has 0 spiro atoms. The summed E-state index contributed by atoms with van der Waals surface area (Å²) in [6.07, 6.45) is 1.85. The van der Waals surface area contributed by atoms with Gasteiger partial charge in [-0.2, -0.15) is 0 Å². The number of nitrogens with one attached hydrogen (secondary N) is 1. The van der Waals surface area contributed by atoms with Crippen LogP contribution >= 0.6 is 0 Å². The number of nitrogens with zero attached hydrogens (tertiary/aromatic N) is 1. The van der Waals surface area contributed by atoms with Crippen molar-refractivity contribution in [3.8, 4) is 5.75 Å². The molecule has 0 unspecified atom stereocenters. The fourth-order valence-corrected chi connectivity index (χ4v) is 1.59. The minimum Gasteiger partial charge on any atom is -0.492 e. The van der Waals surface area contributed by atoms with E-state index >= 15 is 0 Å². The van der Waals surface area contributed by atoms with Crippen LogP contribution in [0.5, 0.6) is 5.75 Å². The summed E-state index contributed by atoms with van der Waals surface area (Å²) in [6, 6.07) is 9.42. The minimum absolute atomic E-state index is 0.258. The molecule has 0 radical (unpaired) electrons. The van der Waals surface area contributed by atoms with Gasteiger partial charge in [0.1, 0.15) is 18.6 Å². The van der Waals surface area contributed by atoms with E-state index in [2.05, 4.69) is 10.3 Å². The van der Waals surface area contributed by atoms with E-state index in [1.807, 2.05) is 30.3 Å². The average molecular weight is 275 g/mol. The molecule has 0 aliphatic carbocycles. The molecule has 3 N–H and O–H groups in total. The Bertz CT molecular complexity index is 540. The van der Waals surface area contributed by atoms with Gasteiger partial charge in [0.2, 0.25) is 0 Å². The van der Waals surface area contributed by atoms with Crippen LogP contribution in [0.25, 0.3) is 0 Å². The highest BCUT2D eigenvalue weighted by atomic mass is 16.5. The predicted octanol–water partition coefficient (Wildman–Crippen LogP) is 0.985. The maximum atomic E-state index is 11.8. The van der Waals surface area contributed by atoms with Crippen molar-refractivity contribution in [2.24, 2.45) is 5.73 Å². The topological polar surface area (TPSA) is 90.4 Å². The van der Waals surface area contributed by atoms with Crippen LogP contribution in [-0.2, 0) is 6.42 Å². The van der Waals surface area contributed by atoms with E-state index in [4.69, 9.17) is 14.9 Å². The van der Waals surface area contributed by atoms with Gasteiger partial charge in [0.15, 0.2) is 11.6 Å². The van der Waals surface area contributed by atoms with Crippen LogP contribution in [-0.4, -0.2) is 30.6 Å². The molecule has 0 fully saturated rings. The lowest BCUT2D eigenvalue weighted by Gasteiger charge is -2.06. The average Bonchev–Trinajstić information content (AvgIpc) is 2.94. The summed E-state index contributed by atoms with van der Waals surface area (Å²) in [5, 5.41) is 2.71. The molecule has 0 saturated carbocycles. The van der Waals surface area contributed by atoms with E-state index in [0.717, 1.165) is 5.75 Å². The first kappa shape index (κ1) is 14.1. The lowest BCUT2D eigenvalue weighted by atomic mass is 10.3. The third kappa shape index (κ3) is 4.10. The van der Waals surface area contributed by atoms with Crippen molar-refractivity contribution in [2.75, 3.05) is 19.7 Å². The van der Waals surface area contributed by atoms with E-state index in [9.17, 15) is 4.79 Å². The molecule has 2 rings (SSSR count). The minimum atomic E-state index is -0.284. The fourth-order valence-electron chi connectivity index (χ4n) is 1.59. The number of hydrogen-bond acceptors (Lipinski definition) is 5. The number of carbonyl (C=O) groups is 1. The van der Waals surface area contributed by atoms with Gasteiger partial charge in [0.25, 0.3) is 5.91 Å². The van der Waals surface area contributed by atoms with Gasteiger partial charge in [-0.3, -0.25) is 4.79 Å². The maximum absolute atomic E-state index is 11.8. The van der Waals surface area contributed by atoms with Crippen LogP contribution in [0.1, 0.15) is 16.4 Å². The number of rotatable bonds is 7. The Hall–Kier alpha value is -2.34. The van der Waals surface area contributed by atoms with Crippen molar-refractivity contribution >= 4 is 5.91 Å². The van der Waals surface area contributed by atoms with Gasteiger partial charge in [0, 0.05) is 13.0 Å². The second-order valence-electron chi connectivity index (χ2n) is 4.08. The van der Waals surface area contributed by atoms with E-state index in [0.29, 0.717) is 32.0 Å². The Morgan fingerprint density at radius 1 is 1.35 bits per heavy atom. The van der Waals surface area contributed by atoms with Gasteiger partial charge in [-0.15, -0.1) is 0 Å². The Kier molecular flexibility index (Phi) is 5.14. The monoisotopic (exact) mass is 275 g/mol. The Balaban J connectivity index is 1.72. The predicted molar refractivity (Wildman–Crippen MR) is 73.5 cm³/mol. The number of para-hydroxylation sites is 1. The number of oxazole rings is 1. The Morgan fingerprint density at radius 2 is 2.15 bits per heavy atom. The van der Waals surface area contributed by atoms with Crippen molar-refractivity contribution in [1.82, 2.24) is 10.3 Å². The molecule has 2 aromatic rings. The summed E-state index contributed by atoms with van der Waals surface area (Å²) in [5.41, 5.74) is 5.64. The molecule has 1 heterocycles. The van der Waals surface area contributed by atoms with E-state index in [-0.39, 0.29) is 11.6 Å². The van der Waals surface area contributed by atoms with Gasteiger partial charge in [-0.05, 0) is 12.1 Å². The van der Waals surface area contributed by atoms with Gasteiger partial charge >= 0.3 is 0 Å². The molecule has 1 aromatic heterocycles. The molecule has 0 saturated heterocycles. The molecule has 1 aromatic carbocycles. The van der Waals surface area contributed by atoms with Crippen molar-refractivity contribution in [1.29, 1.82) is 0 Å². The normalized spacial score (nSPS) is 10.2. The molecule has 0 aliphatic heterocycles. The summed E-state index contributed by atoms with van der Waals surface area (Å²) in [7, 11) is 0. The van der Waals surface area contributed by atoms with Gasteiger partial charge in [-0.1, -0.05) is 18.2 Å². The lowest BCUT2D eigenvalue weighted by molar-refractivity contribution is 0.0942. The fraction of sp³-hybridized carbons (Fsp3) is 0.286. The van der Waals surface area contributed by atoms with Gasteiger partial charge in [-0.25, -0.2) is 4.98 Å². The molecular formula is C14H17N3O3. The van der Waals surface area contributed by atoms with Gasteiger partial charge in [0.05, 0.1) is 6.54 Å². The van der Waals surface area contributed by atoms with Crippen LogP contribution in [0.15, 0.2) is 41.0 Å². The summed E-state index contributed by atoms with van der Waals surface area (Å²) in [4.78, 5) is 15.8. The molecule has 20 heavy (non-hydrogen) atoms. The molecule has 6 heteroatoms. The molecule has 0 aliphatic rings. The van der Waals surface area contributed by atoms with Gasteiger partial charge < -0.3 is 20.2 Å². The zero-order valence-corrected chi connectivity index (χ0v) is 11.0. The molecule has 6 nitrogen and oxygen atoms in total. The van der Waals surface area contributed by atoms with Crippen molar-refractivity contribution in [3.63, 3.8) is 0 Å². The van der Waals surface area contributed by atoms with E-state index < -0.39 is 0 Å². The standard InChI is InChI=1S/C14H17N3O3/c15-7-6-13-17-12(10-20-13)14(18)16-8-9-19-11-4-2-1-3-5-11/h1-5,10H,6-9,15H2,(H,16,18). The van der Waals surface area contributed by atoms with Crippen LogP contribution in [0.2, 0.25) is 0 Å². The maximum Gasteiger partial charge on any atom is 0.273 e. The quantitative estimate of drug-likeness (QED) is 0.735. The number of aromatic nitrogens is 1. The van der Waals surface area contributed by atoms with Crippen LogP contribution in [0, 0.1) is 0 Å². The third-order valence-corrected chi connectivity index (χ3v) is 2.54. The highest BCUT2D eigenvalue weighted by Crippen LogP contribution is 2.07. The Labute approximate surface area is 116 Å². The zero-order valence-electron chi connectivity index (χ0n) is 11.0. The Morgan fingerprint density at radius 3 is 2.90 bits per heavy atom. The van der Waals surface area contributed by atoms with E-state index in [1.165, 1.54) is 6.26 Å². The second-order valence-corrected chi connectivity index (χ2v) is 4.08. The summed E-state index contributed by atoms with van der Waals surface area (Å²) < 4.78 is 10.6. The molecular weight excluding hydrogens is 258 g/mol. The third-order valence-electron chi connectivity index (χ3n) is 2.54. The highest BCUT2D eigenvalue weighted by molar-refractivity contribution is 5.91. The number of benzene rings is 1. The second kappa shape index (κ2) is 7.30. The largest absolute Gasteiger partial charge is 0.492 e. The number of hydrogen-bond donors (Lipinski definition) is 2. The number of nitrogens with two attached hydrogens (primary N) is 1. The van der Waals surface area contributed by atoms with E-state index in [1.54, 1.807) is 0 Å². The van der Waals surface area contributed by atoms with Crippen molar-refractivity contribution in [3.05, 3.63) is 48.2 Å². The summed E-state index contributed by atoms with van der Waals surface area (Å²) >= 11 is 0. The molecule has 1 amide bonds. The number of amides is 1. The van der Waals surface area contributed by atoms with Crippen LogP contribution in [0.3, 0.4) is 0 Å². The molecule has 0 bridgehead atoms. The lowest BCUT2D eigenvalue weighted by Crippen LogP contribution is -2.28. The first-order chi connectivity index (χ1) is 9.79. The van der Waals surface area contributed by atoms with Crippen molar-refractivity contribution < 1.29 is 13.9 Å². The highest BCUT2D eigenvalue weighted by Gasteiger charge is 2.11. The molecule has 106 valence electrons. The summed E-state index contributed by atoms with van der Waals surface area (Å²) in [5.74, 6) is 0.959. The SMILES string of the molecule is NCCc1nc(C(=O)NCCOc2ccccc2)co1. The summed E-state index contributed by atoms with van der Waals surface area (Å²) in [6.45, 7) is 1.22. The zero-order chi connectivity index (χ0) is 14.2. The van der Waals surface area contributed by atoms with Crippen LogP contribution in [0.4, 0.5) is 0 Å². The first-order valence-electron chi connectivity index (χ1n) is 6.40. The molecule has 0 atom stereocenters. The van der Waals surface area contributed by atoms with Crippen molar-refractivity contribution in [2.45, 2.75) is 6.42 Å².